The van der Waals surface area contributed by atoms with Crippen molar-refractivity contribution >= 4 is 22.8 Å². The Labute approximate surface area is 116 Å². The molecule has 1 amide bonds. The van der Waals surface area contributed by atoms with Crippen LogP contribution in [0.25, 0.3) is 10.9 Å². The summed E-state index contributed by atoms with van der Waals surface area (Å²) < 4.78 is 1.86. The molecular weight excluding hydrogens is 256 g/mol. The lowest BCUT2D eigenvalue weighted by Gasteiger charge is -2.17. The second-order valence-electron chi connectivity index (χ2n) is 5.26. The quantitative estimate of drug-likeness (QED) is 0.925. The normalized spacial score (nSPS) is 14.4. The van der Waals surface area contributed by atoms with Gasteiger partial charge in [0.1, 0.15) is 6.54 Å². The number of benzene rings is 1. The number of aromatic carboxylic acids is 1. The Bertz CT molecular complexity index is 685. The van der Waals surface area contributed by atoms with Crippen molar-refractivity contribution in [1.29, 1.82) is 0 Å². The van der Waals surface area contributed by atoms with Crippen LogP contribution in [0.1, 0.15) is 23.2 Å². The number of hydrogen-bond acceptors (Lipinski definition) is 2. The summed E-state index contributed by atoms with van der Waals surface area (Å²) in [6.07, 6.45) is 4.02. The number of carbonyl (C=O) groups is 2. The van der Waals surface area contributed by atoms with E-state index in [1.54, 1.807) is 23.1 Å². The molecule has 0 atom stereocenters. The monoisotopic (exact) mass is 272 g/mol. The molecule has 3 rings (SSSR count). The van der Waals surface area contributed by atoms with Crippen molar-refractivity contribution in [2.24, 2.45) is 0 Å². The van der Waals surface area contributed by atoms with Gasteiger partial charge in [0.05, 0.1) is 5.56 Å². The molecule has 1 aliphatic carbocycles. The molecule has 1 aromatic carbocycles. The summed E-state index contributed by atoms with van der Waals surface area (Å²) in [6.45, 7) is 0.295. The summed E-state index contributed by atoms with van der Waals surface area (Å²) in [5.41, 5.74) is 1.14. The van der Waals surface area contributed by atoms with Gasteiger partial charge in [0.2, 0.25) is 5.91 Å². The molecule has 1 aliphatic rings. The molecule has 0 unspecified atom stereocenters. The maximum Gasteiger partial charge on any atom is 0.335 e. The SMILES string of the molecule is CN(C(=O)Cn1ccc2cc(C(=O)O)ccc21)C1CC1. The number of carboxylic acids is 1. The van der Waals surface area contributed by atoms with Gasteiger partial charge < -0.3 is 14.6 Å². The van der Waals surface area contributed by atoms with Gasteiger partial charge in [-0.3, -0.25) is 4.79 Å². The summed E-state index contributed by atoms with van der Waals surface area (Å²) >= 11 is 0. The Morgan fingerprint density at radius 2 is 2.10 bits per heavy atom. The number of fused-ring (bicyclic) bond motifs is 1. The zero-order chi connectivity index (χ0) is 14.3. The van der Waals surface area contributed by atoms with Gasteiger partial charge >= 0.3 is 5.97 Å². The van der Waals surface area contributed by atoms with Crippen molar-refractivity contribution in [3.8, 4) is 0 Å². The van der Waals surface area contributed by atoms with Gasteiger partial charge in [0.25, 0.3) is 0 Å². The third kappa shape index (κ3) is 2.27. The van der Waals surface area contributed by atoms with Crippen LogP contribution in [-0.2, 0) is 11.3 Å². The number of carbonyl (C=O) groups excluding carboxylic acids is 1. The van der Waals surface area contributed by atoms with E-state index in [0.29, 0.717) is 12.6 Å². The third-order valence-electron chi connectivity index (χ3n) is 3.81. The molecule has 104 valence electrons. The molecule has 1 fully saturated rings. The smallest absolute Gasteiger partial charge is 0.335 e. The summed E-state index contributed by atoms with van der Waals surface area (Å²) in [5, 5.41) is 9.81. The van der Waals surface area contributed by atoms with Crippen LogP contribution >= 0.6 is 0 Å². The van der Waals surface area contributed by atoms with Gasteiger partial charge in [-0.2, -0.15) is 0 Å². The number of carboxylic acid groups (broad SMARTS) is 1. The molecule has 1 saturated carbocycles. The minimum absolute atomic E-state index is 0.0901. The fraction of sp³-hybridized carbons (Fsp3) is 0.333. The third-order valence-corrected chi connectivity index (χ3v) is 3.81. The lowest BCUT2D eigenvalue weighted by Crippen LogP contribution is -2.31. The van der Waals surface area contributed by atoms with Crippen molar-refractivity contribution < 1.29 is 14.7 Å². The van der Waals surface area contributed by atoms with E-state index in [1.807, 2.05) is 23.9 Å². The highest BCUT2D eigenvalue weighted by Crippen LogP contribution is 2.26. The zero-order valence-corrected chi connectivity index (χ0v) is 11.2. The van der Waals surface area contributed by atoms with Crippen LogP contribution in [0.5, 0.6) is 0 Å². The van der Waals surface area contributed by atoms with Crippen molar-refractivity contribution in [2.45, 2.75) is 25.4 Å². The fourth-order valence-electron chi connectivity index (χ4n) is 2.39. The first kappa shape index (κ1) is 12.7. The fourth-order valence-corrected chi connectivity index (χ4v) is 2.39. The summed E-state index contributed by atoms with van der Waals surface area (Å²) in [5.74, 6) is -0.850. The second-order valence-corrected chi connectivity index (χ2v) is 5.26. The van der Waals surface area contributed by atoms with Crippen LogP contribution in [0.4, 0.5) is 0 Å². The van der Waals surface area contributed by atoms with E-state index in [-0.39, 0.29) is 11.5 Å². The van der Waals surface area contributed by atoms with Crippen LogP contribution in [0.2, 0.25) is 0 Å². The molecule has 2 aromatic rings. The molecule has 0 aliphatic heterocycles. The predicted octanol–water partition coefficient (Wildman–Crippen LogP) is 1.96. The average molecular weight is 272 g/mol. The number of hydrogen-bond donors (Lipinski definition) is 1. The molecule has 1 aromatic heterocycles. The van der Waals surface area contributed by atoms with E-state index >= 15 is 0 Å². The summed E-state index contributed by atoms with van der Waals surface area (Å²) in [7, 11) is 1.84. The van der Waals surface area contributed by atoms with Crippen molar-refractivity contribution in [2.75, 3.05) is 7.05 Å². The first-order chi connectivity index (χ1) is 9.56. The number of aromatic nitrogens is 1. The Hall–Kier alpha value is -2.30. The molecule has 1 N–H and O–H groups in total. The van der Waals surface area contributed by atoms with Crippen molar-refractivity contribution in [3.05, 3.63) is 36.0 Å². The highest BCUT2D eigenvalue weighted by molar-refractivity contribution is 5.94. The number of amides is 1. The molecule has 0 radical (unpaired) electrons. The largest absolute Gasteiger partial charge is 0.478 e. The van der Waals surface area contributed by atoms with E-state index in [9.17, 15) is 9.59 Å². The zero-order valence-electron chi connectivity index (χ0n) is 11.2. The van der Waals surface area contributed by atoms with Crippen LogP contribution in [0, 0.1) is 0 Å². The Kier molecular flexibility index (Phi) is 2.97. The van der Waals surface area contributed by atoms with Gasteiger partial charge in [-0.15, -0.1) is 0 Å². The lowest BCUT2D eigenvalue weighted by molar-refractivity contribution is -0.130. The maximum atomic E-state index is 12.1. The topological polar surface area (TPSA) is 62.5 Å². The van der Waals surface area contributed by atoms with Crippen LogP contribution < -0.4 is 0 Å². The van der Waals surface area contributed by atoms with Crippen LogP contribution in [0.15, 0.2) is 30.5 Å². The minimum Gasteiger partial charge on any atom is -0.478 e. The van der Waals surface area contributed by atoms with Gasteiger partial charge in [-0.1, -0.05) is 0 Å². The molecule has 0 spiro atoms. The predicted molar refractivity (Wildman–Crippen MR) is 74.7 cm³/mol. The van der Waals surface area contributed by atoms with Crippen LogP contribution in [-0.4, -0.2) is 39.5 Å². The maximum absolute atomic E-state index is 12.1. The summed E-state index contributed by atoms with van der Waals surface area (Å²) in [4.78, 5) is 24.9. The molecule has 0 bridgehead atoms. The Morgan fingerprint density at radius 1 is 1.35 bits per heavy atom. The van der Waals surface area contributed by atoms with Crippen LogP contribution in [0.3, 0.4) is 0 Å². The average Bonchev–Trinajstić information content (AvgIpc) is 3.20. The number of nitrogens with zero attached hydrogens (tertiary/aromatic N) is 2. The molecule has 5 nitrogen and oxygen atoms in total. The van der Waals surface area contributed by atoms with E-state index in [4.69, 9.17) is 5.11 Å². The van der Waals surface area contributed by atoms with Gasteiger partial charge in [-0.05, 0) is 37.1 Å². The summed E-state index contributed by atoms with van der Waals surface area (Å²) in [6, 6.07) is 7.19. The number of likely N-dealkylation sites (N-methyl/N-ethyl adjacent to an activating group) is 1. The molecule has 20 heavy (non-hydrogen) atoms. The van der Waals surface area contributed by atoms with E-state index in [0.717, 1.165) is 23.7 Å². The van der Waals surface area contributed by atoms with E-state index in [1.165, 1.54) is 0 Å². The van der Waals surface area contributed by atoms with Gasteiger partial charge in [-0.25, -0.2) is 4.79 Å². The van der Waals surface area contributed by atoms with Crippen molar-refractivity contribution in [1.82, 2.24) is 9.47 Å². The van der Waals surface area contributed by atoms with Crippen molar-refractivity contribution in [3.63, 3.8) is 0 Å². The first-order valence-corrected chi connectivity index (χ1v) is 6.64. The molecule has 1 heterocycles. The molecule has 0 saturated heterocycles. The minimum atomic E-state index is -0.941. The standard InChI is InChI=1S/C15H16N2O3/c1-16(12-3-4-12)14(18)9-17-7-6-10-8-11(15(19)20)2-5-13(10)17/h2,5-8,12H,3-4,9H2,1H3,(H,19,20). The number of rotatable bonds is 4. The lowest BCUT2D eigenvalue weighted by atomic mass is 10.1. The Balaban J connectivity index is 1.85. The molecular formula is C15H16N2O3. The highest BCUT2D eigenvalue weighted by atomic mass is 16.4. The molecule has 5 heteroatoms. The first-order valence-electron chi connectivity index (χ1n) is 6.64. The van der Waals surface area contributed by atoms with Gasteiger partial charge in [0.15, 0.2) is 0 Å². The second kappa shape index (κ2) is 4.67. The highest BCUT2D eigenvalue weighted by Gasteiger charge is 2.29. The Morgan fingerprint density at radius 3 is 2.75 bits per heavy atom. The van der Waals surface area contributed by atoms with Gasteiger partial charge in [0, 0.05) is 30.2 Å². The van der Waals surface area contributed by atoms with E-state index in [2.05, 4.69) is 0 Å². The van der Waals surface area contributed by atoms with E-state index < -0.39 is 5.97 Å².